The third kappa shape index (κ3) is 5.25. The molecular formula is C12H22N4O3. The molecule has 4 N–H and O–H groups in total. The van der Waals surface area contributed by atoms with Crippen molar-refractivity contribution in [2.45, 2.75) is 19.8 Å². The van der Waals surface area contributed by atoms with Gasteiger partial charge < -0.3 is 21.3 Å². The SMILES string of the molecule is CC(=O)NCC1CCN(C(=O)C(=O)NCCN)CC1. The van der Waals surface area contributed by atoms with Crippen molar-refractivity contribution >= 4 is 17.7 Å². The highest BCUT2D eigenvalue weighted by Gasteiger charge is 2.26. The van der Waals surface area contributed by atoms with E-state index in [2.05, 4.69) is 10.6 Å². The van der Waals surface area contributed by atoms with Crippen LogP contribution in [0.2, 0.25) is 0 Å². The number of hydrogen-bond donors (Lipinski definition) is 3. The summed E-state index contributed by atoms with van der Waals surface area (Å²) in [5.74, 6) is -0.753. The molecule has 0 bridgehead atoms. The van der Waals surface area contributed by atoms with Gasteiger partial charge in [-0.1, -0.05) is 0 Å². The molecule has 19 heavy (non-hydrogen) atoms. The maximum Gasteiger partial charge on any atom is 0.311 e. The van der Waals surface area contributed by atoms with E-state index in [1.165, 1.54) is 6.92 Å². The van der Waals surface area contributed by atoms with Gasteiger partial charge in [-0.3, -0.25) is 14.4 Å². The highest BCUT2D eigenvalue weighted by atomic mass is 16.2. The second kappa shape index (κ2) is 7.73. The number of nitrogens with zero attached hydrogens (tertiary/aromatic N) is 1. The molecular weight excluding hydrogens is 248 g/mol. The van der Waals surface area contributed by atoms with Crippen molar-refractivity contribution in [3.63, 3.8) is 0 Å². The smallest absolute Gasteiger partial charge is 0.311 e. The molecule has 1 saturated heterocycles. The zero-order valence-electron chi connectivity index (χ0n) is 11.3. The summed E-state index contributed by atoms with van der Waals surface area (Å²) < 4.78 is 0. The molecule has 0 radical (unpaired) electrons. The normalized spacial score (nSPS) is 16.0. The summed E-state index contributed by atoms with van der Waals surface area (Å²) in [5.41, 5.74) is 5.26. The Labute approximate surface area is 112 Å². The van der Waals surface area contributed by atoms with Gasteiger partial charge in [0.2, 0.25) is 5.91 Å². The predicted molar refractivity (Wildman–Crippen MR) is 70.1 cm³/mol. The van der Waals surface area contributed by atoms with E-state index in [4.69, 9.17) is 5.73 Å². The monoisotopic (exact) mass is 270 g/mol. The van der Waals surface area contributed by atoms with Crippen LogP contribution in [-0.2, 0) is 14.4 Å². The summed E-state index contributed by atoms with van der Waals surface area (Å²) in [6.07, 6.45) is 1.60. The minimum absolute atomic E-state index is 0.0420. The van der Waals surface area contributed by atoms with Crippen molar-refractivity contribution in [2.24, 2.45) is 11.7 Å². The quantitative estimate of drug-likeness (QED) is 0.537. The molecule has 0 saturated carbocycles. The molecule has 0 aliphatic carbocycles. The Morgan fingerprint density at radius 3 is 2.37 bits per heavy atom. The van der Waals surface area contributed by atoms with Gasteiger partial charge in [0.05, 0.1) is 0 Å². The molecule has 3 amide bonds. The van der Waals surface area contributed by atoms with Crippen LogP contribution in [0.3, 0.4) is 0 Å². The number of carbonyl (C=O) groups is 3. The molecule has 0 atom stereocenters. The van der Waals surface area contributed by atoms with Crippen LogP contribution in [0.15, 0.2) is 0 Å². The van der Waals surface area contributed by atoms with Crippen LogP contribution < -0.4 is 16.4 Å². The predicted octanol–water partition coefficient (Wildman–Crippen LogP) is -1.56. The molecule has 108 valence electrons. The number of rotatable bonds is 4. The standard InChI is InChI=1S/C12H22N4O3/c1-9(17)15-8-10-2-6-16(7-3-10)12(19)11(18)14-5-4-13/h10H,2-8,13H2,1H3,(H,14,18)(H,15,17). The number of hydrogen-bond acceptors (Lipinski definition) is 4. The molecule has 7 nitrogen and oxygen atoms in total. The van der Waals surface area contributed by atoms with Crippen molar-refractivity contribution in [1.82, 2.24) is 15.5 Å². The van der Waals surface area contributed by atoms with Gasteiger partial charge in [-0.15, -0.1) is 0 Å². The van der Waals surface area contributed by atoms with Gasteiger partial charge in [0.1, 0.15) is 0 Å². The Kier molecular flexibility index (Phi) is 6.27. The minimum Gasteiger partial charge on any atom is -0.356 e. The van der Waals surface area contributed by atoms with E-state index in [1.807, 2.05) is 0 Å². The molecule has 1 heterocycles. The zero-order valence-corrected chi connectivity index (χ0v) is 11.3. The number of likely N-dealkylation sites (tertiary alicyclic amines) is 1. The third-order valence-electron chi connectivity index (χ3n) is 3.17. The van der Waals surface area contributed by atoms with Gasteiger partial charge in [0.15, 0.2) is 0 Å². The second-order valence-corrected chi connectivity index (χ2v) is 4.72. The fraction of sp³-hybridized carbons (Fsp3) is 0.750. The van der Waals surface area contributed by atoms with Crippen LogP contribution in [0.4, 0.5) is 0 Å². The number of nitrogens with two attached hydrogens (primary N) is 1. The summed E-state index contributed by atoms with van der Waals surface area (Å²) in [6, 6.07) is 0. The average Bonchev–Trinajstić information content (AvgIpc) is 2.42. The Morgan fingerprint density at radius 2 is 1.84 bits per heavy atom. The van der Waals surface area contributed by atoms with Crippen molar-refractivity contribution < 1.29 is 14.4 Å². The molecule has 1 fully saturated rings. The molecule has 7 heteroatoms. The Bertz CT molecular complexity index is 338. The van der Waals surface area contributed by atoms with Gasteiger partial charge in [0.25, 0.3) is 0 Å². The maximum atomic E-state index is 11.8. The Balaban J connectivity index is 2.30. The molecule has 1 aliphatic rings. The van der Waals surface area contributed by atoms with Gasteiger partial charge in [-0.25, -0.2) is 0 Å². The van der Waals surface area contributed by atoms with Crippen molar-refractivity contribution in [3.05, 3.63) is 0 Å². The first-order valence-corrected chi connectivity index (χ1v) is 6.56. The Morgan fingerprint density at radius 1 is 1.21 bits per heavy atom. The zero-order chi connectivity index (χ0) is 14.3. The largest absolute Gasteiger partial charge is 0.356 e. The highest BCUT2D eigenvalue weighted by molar-refractivity contribution is 6.35. The number of nitrogens with one attached hydrogen (secondary N) is 2. The topological polar surface area (TPSA) is 105 Å². The van der Waals surface area contributed by atoms with Crippen LogP contribution in [0.25, 0.3) is 0 Å². The maximum absolute atomic E-state index is 11.8. The van der Waals surface area contributed by atoms with Crippen LogP contribution in [-0.4, -0.2) is 55.3 Å². The molecule has 0 unspecified atom stereocenters. The van der Waals surface area contributed by atoms with E-state index in [-0.39, 0.29) is 5.91 Å². The van der Waals surface area contributed by atoms with E-state index < -0.39 is 11.8 Å². The number of amides is 3. The molecule has 1 aliphatic heterocycles. The lowest BCUT2D eigenvalue weighted by Gasteiger charge is -2.31. The van der Waals surface area contributed by atoms with Crippen LogP contribution in [0.5, 0.6) is 0 Å². The first-order valence-electron chi connectivity index (χ1n) is 6.56. The minimum atomic E-state index is -0.592. The lowest BCUT2D eigenvalue weighted by Crippen LogP contribution is -2.48. The van der Waals surface area contributed by atoms with Gasteiger partial charge in [-0.2, -0.15) is 0 Å². The summed E-state index contributed by atoms with van der Waals surface area (Å²) >= 11 is 0. The second-order valence-electron chi connectivity index (χ2n) is 4.72. The lowest BCUT2D eigenvalue weighted by atomic mass is 9.96. The van der Waals surface area contributed by atoms with Crippen molar-refractivity contribution in [2.75, 3.05) is 32.7 Å². The van der Waals surface area contributed by atoms with Crippen molar-refractivity contribution in [3.8, 4) is 0 Å². The van der Waals surface area contributed by atoms with E-state index in [0.29, 0.717) is 38.6 Å². The fourth-order valence-electron chi connectivity index (χ4n) is 2.03. The highest BCUT2D eigenvalue weighted by Crippen LogP contribution is 2.16. The number of piperidine rings is 1. The first kappa shape index (κ1) is 15.4. The Hall–Kier alpha value is -1.63. The van der Waals surface area contributed by atoms with Gasteiger partial charge >= 0.3 is 11.8 Å². The first-order chi connectivity index (χ1) is 9.04. The number of carbonyl (C=O) groups excluding carboxylic acids is 3. The van der Waals surface area contributed by atoms with Crippen LogP contribution in [0.1, 0.15) is 19.8 Å². The van der Waals surface area contributed by atoms with E-state index in [1.54, 1.807) is 4.90 Å². The van der Waals surface area contributed by atoms with E-state index in [9.17, 15) is 14.4 Å². The summed E-state index contributed by atoms with van der Waals surface area (Å²) in [5, 5.41) is 5.24. The molecule has 1 rings (SSSR count). The molecule has 0 aromatic rings. The molecule has 0 aromatic carbocycles. The van der Waals surface area contributed by atoms with E-state index >= 15 is 0 Å². The van der Waals surface area contributed by atoms with Gasteiger partial charge in [-0.05, 0) is 18.8 Å². The fourth-order valence-corrected chi connectivity index (χ4v) is 2.03. The summed E-state index contributed by atoms with van der Waals surface area (Å²) in [7, 11) is 0. The summed E-state index contributed by atoms with van der Waals surface area (Å²) in [4.78, 5) is 35.6. The van der Waals surface area contributed by atoms with Crippen LogP contribution in [0, 0.1) is 5.92 Å². The van der Waals surface area contributed by atoms with Crippen molar-refractivity contribution in [1.29, 1.82) is 0 Å². The average molecular weight is 270 g/mol. The third-order valence-corrected chi connectivity index (χ3v) is 3.17. The molecule has 0 spiro atoms. The lowest BCUT2D eigenvalue weighted by molar-refractivity contribution is -0.146. The summed E-state index contributed by atoms with van der Waals surface area (Å²) in [6.45, 7) is 3.86. The molecule has 0 aromatic heterocycles. The van der Waals surface area contributed by atoms with E-state index in [0.717, 1.165) is 12.8 Å². The van der Waals surface area contributed by atoms with Gasteiger partial charge in [0, 0.05) is 39.6 Å². The van der Waals surface area contributed by atoms with Crippen LogP contribution >= 0.6 is 0 Å².